The van der Waals surface area contributed by atoms with Crippen molar-refractivity contribution in [3.63, 3.8) is 0 Å². The van der Waals surface area contributed by atoms with Crippen LogP contribution in [0.2, 0.25) is 0 Å². The van der Waals surface area contributed by atoms with Crippen molar-refractivity contribution in [2.75, 3.05) is 13.1 Å². The molecule has 1 aliphatic rings. The van der Waals surface area contributed by atoms with Gasteiger partial charge in [0.2, 0.25) is 0 Å². The molecule has 0 bridgehead atoms. The molecule has 2 amide bonds. The van der Waals surface area contributed by atoms with Crippen molar-refractivity contribution in [2.24, 2.45) is 5.73 Å². The molecular weight excluding hydrogens is 478 g/mol. The summed E-state index contributed by atoms with van der Waals surface area (Å²) in [5.41, 5.74) is 2.95. The zero-order chi connectivity index (χ0) is 28.7. The summed E-state index contributed by atoms with van der Waals surface area (Å²) in [5.74, 6) is -1.28. The van der Waals surface area contributed by atoms with Gasteiger partial charge >= 0.3 is 23.9 Å². The van der Waals surface area contributed by atoms with Gasteiger partial charge in [0.25, 0.3) is 0 Å². The number of likely N-dealkylation sites (tertiary alicyclic amines) is 1. The zero-order valence-electron chi connectivity index (χ0n) is 24.3. The van der Waals surface area contributed by atoms with Crippen LogP contribution in [0.5, 0.6) is 0 Å². The van der Waals surface area contributed by atoms with Crippen LogP contribution in [0.15, 0.2) is 0 Å². The highest BCUT2D eigenvalue weighted by Gasteiger charge is 2.37. The van der Waals surface area contributed by atoms with E-state index < -0.39 is 40.2 Å². The second-order valence-corrected chi connectivity index (χ2v) is 13.0. The van der Waals surface area contributed by atoms with Gasteiger partial charge in [0, 0.05) is 43.9 Å². The van der Waals surface area contributed by atoms with Crippen LogP contribution in [0.3, 0.4) is 0 Å². The number of carbonyl (C=O) groups is 4. The Bertz CT molecular complexity index is 727. The number of nitrogens with zero attached hydrogens (tertiary/aromatic N) is 1. The molecule has 37 heavy (non-hydrogen) atoms. The number of ether oxygens (including phenoxy) is 3. The number of amides is 2. The number of rotatable bonds is 10. The molecule has 0 aromatic carbocycles. The molecule has 0 radical (unpaired) electrons. The zero-order valence-corrected chi connectivity index (χ0v) is 24.3. The molecule has 10 nitrogen and oxygen atoms in total. The fraction of sp³-hybridized carbons (Fsp3) is 0.852. The minimum Gasteiger partial charge on any atom is -0.460 e. The van der Waals surface area contributed by atoms with Crippen molar-refractivity contribution >= 4 is 23.9 Å². The summed E-state index contributed by atoms with van der Waals surface area (Å²) in [7, 11) is 0. The largest absolute Gasteiger partial charge is 0.460 e. The number of nitrogens with two attached hydrogens (primary N) is 1. The van der Waals surface area contributed by atoms with Crippen LogP contribution in [0, 0.1) is 0 Å². The number of carbonyl (C=O) groups excluding carboxylic acids is 4. The van der Waals surface area contributed by atoms with Gasteiger partial charge in [0.05, 0.1) is 0 Å². The van der Waals surface area contributed by atoms with Gasteiger partial charge in [-0.25, -0.2) is 4.79 Å². The fourth-order valence-corrected chi connectivity index (χ4v) is 4.04. The van der Waals surface area contributed by atoms with Gasteiger partial charge in [-0.15, -0.1) is 0 Å². The molecule has 0 aromatic heterocycles. The quantitative estimate of drug-likeness (QED) is 0.323. The Kier molecular flexibility index (Phi) is 11.4. The number of urea groups is 1. The molecule has 1 unspecified atom stereocenters. The first kappa shape index (κ1) is 32.7. The van der Waals surface area contributed by atoms with Crippen LogP contribution in [0.4, 0.5) is 4.79 Å². The first-order chi connectivity index (χ1) is 16.7. The summed E-state index contributed by atoms with van der Waals surface area (Å²) in [6.07, 6.45) is 1.23. The standard InChI is InChI=1S/C27H49N3O7/c1-24(2,3)35-20(31)10-14-27(15-11-21(32)36-25(4,5)6,16-12-22(33)37-26(7,8)9)29-23(34)30-17-13-19(28)18-30/h19H,10-18,28H2,1-9H3,(H,29,34). The van der Waals surface area contributed by atoms with E-state index in [-0.39, 0.29) is 50.6 Å². The molecule has 214 valence electrons. The molecule has 0 spiro atoms. The molecule has 1 heterocycles. The maximum absolute atomic E-state index is 13.2. The Labute approximate surface area is 222 Å². The topological polar surface area (TPSA) is 137 Å². The predicted molar refractivity (Wildman–Crippen MR) is 141 cm³/mol. The summed E-state index contributed by atoms with van der Waals surface area (Å²) < 4.78 is 16.4. The van der Waals surface area contributed by atoms with Gasteiger partial charge in [-0.2, -0.15) is 0 Å². The molecule has 0 aromatic rings. The second kappa shape index (κ2) is 12.9. The minimum absolute atomic E-state index is 0.000297. The third kappa shape index (κ3) is 14.2. The maximum atomic E-state index is 13.2. The van der Waals surface area contributed by atoms with E-state index in [1.165, 1.54) is 0 Å². The molecule has 1 fully saturated rings. The lowest BCUT2D eigenvalue weighted by molar-refractivity contribution is -0.155. The van der Waals surface area contributed by atoms with Gasteiger partial charge in [0.15, 0.2) is 0 Å². The van der Waals surface area contributed by atoms with Crippen molar-refractivity contribution in [3.8, 4) is 0 Å². The third-order valence-corrected chi connectivity index (χ3v) is 5.57. The van der Waals surface area contributed by atoms with Crippen LogP contribution in [-0.4, -0.2) is 70.3 Å². The lowest BCUT2D eigenvalue weighted by Gasteiger charge is -2.37. The van der Waals surface area contributed by atoms with Crippen molar-refractivity contribution in [3.05, 3.63) is 0 Å². The van der Waals surface area contributed by atoms with Gasteiger partial charge < -0.3 is 30.2 Å². The lowest BCUT2D eigenvalue weighted by Crippen LogP contribution is -2.54. The fourth-order valence-electron chi connectivity index (χ4n) is 4.04. The molecular formula is C27H49N3O7. The molecule has 1 aliphatic heterocycles. The van der Waals surface area contributed by atoms with Crippen LogP contribution < -0.4 is 11.1 Å². The highest BCUT2D eigenvalue weighted by Crippen LogP contribution is 2.29. The van der Waals surface area contributed by atoms with Gasteiger partial charge in [-0.1, -0.05) is 0 Å². The van der Waals surface area contributed by atoms with E-state index in [1.807, 2.05) is 0 Å². The Balaban J connectivity index is 3.19. The van der Waals surface area contributed by atoms with Crippen molar-refractivity contribution in [1.82, 2.24) is 10.2 Å². The molecule has 0 saturated carbocycles. The predicted octanol–water partition coefficient (Wildman–Crippen LogP) is 3.83. The Hall–Kier alpha value is -2.36. The van der Waals surface area contributed by atoms with Crippen LogP contribution >= 0.6 is 0 Å². The van der Waals surface area contributed by atoms with E-state index in [4.69, 9.17) is 19.9 Å². The van der Waals surface area contributed by atoms with Crippen molar-refractivity contribution in [2.45, 2.75) is 136 Å². The number of hydrogen-bond acceptors (Lipinski definition) is 8. The summed E-state index contributed by atoms with van der Waals surface area (Å²) in [6.45, 7) is 16.9. The third-order valence-electron chi connectivity index (χ3n) is 5.57. The average Bonchev–Trinajstić information content (AvgIpc) is 3.12. The van der Waals surface area contributed by atoms with E-state index in [1.54, 1.807) is 67.2 Å². The molecule has 0 aliphatic carbocycles. The van der Waals surface area contributed by atoms with Crippen LogP contribution in [0.25, 0.3) is 0 Å². The van der Waals surface area contributed by atoms with Gasteiger partial charge in [-0.05, 0) is 88.0 Å². The average molecular weight is 528 g/mol. The monoisotopic (exact) mass is 527 g/mol. The summed E-state index contributed by atoms with van der Waals surface area (Å²) >= 11 is 0. The first-order valence-corrected chi connectivity index (χ1v) is 13.2. The molecule has 10 heteroatoms. The van der Waals surface area contributed by atoms with Crippen LogP contribution in [-0.2, 0) is 28.6 Å². The Morgan fingerprint density at radius 1 is 0.730 bits per heavy atom. The summed E-state index contributed by atoms with van der Waals surface area (Å²) in [6, 6.07) is -0.448. The Morgan fingerprint density at radius 3 is 1.35 bits per heavy atom. The maximum Gasteiger partial charge on any atom is 0.317 e. The van der Waals surface area contributed by atoms with E-state index >= 15 is 0 Å². The van der Waals surface area contributed by atoms with Crippen molar-refractivity contribution in [1.29, 1.82) is 0 Å². The SMILES string of the molecule is CC(C)(C)OC(=O)CCC(CCC(=O)OC(C)(C)C)(CCC(=O)OC(C)(C)C)NC(=O)N1CCC(N)C1. The molecule has 1 saturated heterocycles. The normalized spacial score (nSPS) is 16.8. The molecule has 3 N–H and O–H groups in total. The summed E-state index contributed by atoms with van der Waals surface area (Å²) in [4.78, 5) is 52.6. The Morgan fingerprint density at radius 2 is 1.08 bits per heavy atom. The van der Waals surface area contributed by atoms with Crippen molar-refractivity contribution < 1.29 is 33.4 Å². The lowest BCUT2D eigenvalue weighted by atomic mass is 9.83. The molecule has 1 atom stereocenters. The second-order valence-electron chi connectivity index (χ2n) is 13.0. The van der Waals surface area contributed by atoms with E-state index in [0.29, 0.717) is 19.5 Å². The highest BCUT2D eigenvalue weighted by atomic mass is 16.6. The van der Waals surface area contributed by atoms with E-state index in [0.717, 1.165) is 0 Å². The highest BCUT2D eigenvalue weighted by molar-refractivity contribution is 5.77. The van der Waals surface area contributed by atoms with Crippen LogP contribution in [0.1, 0.15) is 107 Å². The summed E-state index contributed by atoms with van der Waals surface area (Å²) in [5, 5.41) is 3.06. The van der Waals surface area contributed by atoms with E-state index in [9.17, 15) is 19.2 Å². The van der Waals surface area contributed by atoms with Gasteiger partial charge in [-0.3, -0.25) is 14.4 Å². The minimum atomic E-state index is -1.05. The molecule has 1 rings (SSSR count). The number of nitrogens with one attached hydrogen (secondary N) is 1. The van der Waals surface area contributed by atoms with Gasteiger partial charge in [0.1, 0.15) is 16.8 Å². The smallest absolute Gasteiger partial charge is 0.317 e. The number of esters is 3. The first-order valence-electron chi connectivity index (χ1n) is 13.2. The van der Waals surface area contributed by atoms with E-state index in [2.05, 4.69) is 5.32 Å². The number of hydrogen-bond donors (Lipinski definition) is 2.